The summed E-state index contributed by atoms with van der Waals surface area (Å²) in [6, 6.07) is 11.5. The maximum absolute atomic E-state index is 5.37. The summed E-state index contributed by atoms with van der Waals surface area (Å²) in [5.74, 6) is 0. The maximum atomic E-state index is 5.37. The van der Waals surface area contributed by atoms with Crippen LogP contribution in [0.4, 0.5) is 0 Å². The summed E-state index contributed by atoms with van der Waals surface area (Å²) in [6.07, 6.45) is 4.86. The lowest BCUT2D eigenvalue weighted by Gasteiger charge is -2.32. The lowest BCUT2D eigenvalue weighted by molar-refractivity contribution is 0.141. The van der Waals surface area contributed by atoms with Gasteiger partial charge in [0.1, 0.15) is 0 Å². The summed E-state index contributed by atoms with van der Waals surface area (Å²) in [6.45, 7) is 8.53. The fourth-order valence-electron chi connectivity index (χ4n) is 2.92. The molecule has 1 aromatic carbocycles. The van der Waals surface area contributed by atoms with E-state index in [2.05, 4.69) is 47.5 Å². The van der Waals surface area contributed by atoms with Gasteiger partial charge in [-0.25, -0.2) is 0 Å². The first kappa shape index (κ1) is 16.5. The van der Waals surface area contributed by atoms with Crippen LogP contribution in [0, 0.1) is 0 Å². The van der Waals surface area contributed by atoms with E-state index in [9.17, 15) is 0 Å². The third kappa shape index (κ3) is 6.60. The van der Waals surface area contributed by atoms with Crippen molar-refractivity contribution in [1.82, 2.24) is 10.2 Å². The van der Waals surface area contributed by atoms with Crippen molar-refractivity contribution in [2.24, 2.45) is 0 Å². The summed E-state index contributed by atoms with van der Waals surface area (Å²) in [4.78, 5) is 2.60. The molecule has 0 aromatic heterocycles. The van der Waals surface area contributed by atoms with Gasteiger partial charge in [0.25, 0.3) is 0 Å². The molecule has 2 rings (SSSR count). The summed E-state index contributed by atoms with van der Waals surface area (Å²) < 4.78 is 5.37. The minimum atomic E-state index is 0.708. The Bertz CT molecular complexity index is 361. The first-order chi connectivity index (χ1) is 10.4. The molecule has 1 heterocycles. The van der Waals surface area contributed by atoms with E-state index in [1.165, 1.54) is 44.5 Å². The van der Waals surface area contributed by atoms with Crippen LogP contribution in [-0.4, -0.2) is 50.3 Å². The molecule has 0 bridgehead atoms. The number of benzene rings is 1. The normalized spacial score (nSPS) is 17.2. The van der Waals surface area contributed by atoms with E-state index in [1.807, 2.05) is 0 Å². The molecule has 0 radical (unpaired) electrons. The van der Waals surface area contributed by atoms with Crippen molar-refractivity contribution in [2.45, 2.75) is 38.6 Å². The zero-order valence-corrected chi connectivity index (χ0v) is 13.4. The fourth-order valence-corrected chi connectivity index (χ4v) is 2.92. The molecule has 1 aliphatic heterocycles. The van der Waals surface area contributed by atoms with Gasteiger partial charge < -0.3 is 15.0 Å². The predicted octanol–water partition coefficient (Wildman–Crippen LogP) is 2.71. The van der Waals surface area contributed by atoms with Gasteiger partial charge in [0.15, 0.2) is 0 Å². The third-order valence-electron chi connectivity index (χ3n) is 4.25. The van der Waals surface area contributed by atoms with Crippen molar-refractivity contribution in [2.75, 3.05) is 39.4 Å². The van der Waals surface area contributed by atoms with E-state index in [0.29, 0.717) is 6.04 Å². The molecule has 118 valence electrons. The van der Waals surface area contributed by atoms with Gasteiger partial charge in [-0.3, -0.25) is 0 Å². The SMILES string of the molecule is CCOCCCNC1CCN(CCc2ccccc2)CC1. The molecule has 1 N–H and O–H groups in total. The van der Waals surface area contributed by atoms with E-state index >= 15 is 0 Å². The van der Waals surface area contributed by atoms with E-state index < -0.39 is 0 Å². The molecule has 1 fully saturated rings. The Labute approximate surface area is 129 Å². The predicted molar refractivity (Wildman–Crippen MR) is 88.7 cm³/mol. The number of nitrogens with one attached hydrogen (secondary N) is 1. The van der Waals surface area contributed by atoms with Gasteiger partial charge in [-0.2, -0.15) is 0 Å². The number of hydrogen-bond acceptors (Lipinski definition) is 3. The van der Waals surface area contributed by atoms with Crippen molar-refractivity contribution in [3.63, 3.8) is 0 Å². The monoisotopic (exact) mass is 290 g/mol. The summed E-state index contributed by atoms with van der Waals surface area (Å²) in [5.41, 5.74) is 1.45. The lowest BCUT2D eigenvalue weighted by atomic mass is 10.0. The quantitative estimate of drug-likeness (QED) is 0.708. The van der Waals surface area contributed by atoms with Crippen molar-refractivity contribution in [3.8, 4) is 0 Å². The smallest absolute Gasteiger partial charge is 0.0477 e. The largest absolute Gasteiger partial charge is 0.382 e. The number of hydrogen-bond donors (Lipinski definition) is 1. The van der Waals surface area contributed by atoms with Gasteiger partial charge in [0, 0.05) is 25.8 Å². The van der Waals surface area contributed by atoms with E-state index in [0.717, 1.165) is 26.2 Å². The lowest BCUT2D eigenvalue weighted by Crippen LogP contribution is -2.43. The number of likely N-dealkylation sites (tertiary alicyclic amines) is 1. The summed E-state index contributed by atoms with van der Waals surface area (Å²) in [5, 5.41) is 3.67. The Morgan fingerprint density at radius 2 is 1.95 bits per heavy atom. The molecular weight excluding hydrogens is 260 g/mol. The molecule has 0 unspecified atom stereocenters. The fraction of sp³-hybridized carbons (Fsp3) is 0.667. The molecule has 1 saturated heterocycles. The topological polar surface area (TPSA) is 24.5 Å². The standard InChI is InChI=1S/C18H30N2O/c1-2-21-16-6-12-19-18-10-14-20(15-11-18)13-9-17-7-4-3-5-8-17/h3-5,7-8,18-19H,2,6,9-16H2,1H3. The van der Waals surface area contributed by atoms with Gasteiger partial charge in [0.05, 0.1) is 0 Å². The molecule has 0 amide bonds. The van der Waals surface area contributed by atoms with Gasteiger partial charge >= 0.3 is 0 Å². The van der Waals surface area contributed by atoms with Crippen LogP contribution in [0.2, 0.25) is 0 Å². The number of rotatable bonds is 9. The molecule has 21 heavy (non-hydrogen) atoms. The van der Waals surface area contributed by atoms with Crippen LogP contribution < -0.4 is 5.32 Å². The number of nitrogens with zero attached hydrogens (tertiary/aromatic N) is 1. The van der Waals surface area contributed by atoms with Crippen LogP contribution in [0.1, 0.15) is 31.7 Å². The second-order valence-electron chi connectivity index (χ2n) is 5.86. The Morgan fingerprint density at radius 1 is 1.19 bits per heavy atom. The average Bonchev–Trinajstić information content (AvgIpc) is 2.55. The number of piperidine rings is 1. The van der Waals surface area contributed by atoms with Gasteiger partial charge in [-0.15, -0.1) is 0 Å². The second kappa shape index (κ2) is 9.93. The molecule has 0 spiro atoms. The highest BCUT2D eigenvalue weighted by Gasteiger charge is 2.17. The highest BCUT2D eigenvalue weighted by Crippen LogP contribution is 2.11. The molecule has 0 aliphatic carbocycles. The molecular formula is C18H30N2O. The van der Waals surface area contributed by atoms with Gasteiger partial charge in [0.2, 0.25) is 0 Å². The van der Waals surface area contributed by atoms with Crippen LogP contribution in [0.15, 0.2) is 30.3 Å². The Hall–Kier alpha value is -0.900. The van der Waals surface area contributed by atoms with Crippen molar-refractivity contribution >= 4 is 0 Å². The third-order valence-corrected chi connectivity index (χ3v) is 4.25. The minimum Gasteiger partial charge on any atom is -0.382 e. The molecule has 0 saturated carbocycles. The minimum absolute atomic E-state index is 0.708. The van der Waals surface area contributed by atoms with Crippen LogP contribution in [0.5, 0.6) is 0 Å². The Kier molecular flexibility index (Phi) is 7.79. The average molecular weight is 290 g/mol. The van der Waals surface area contributed by atoms with Crippen LogP contribution in [0.3, 0.4) is 0 Å². The highest BCUT2D eigenvalue weighted by atomic mass is 16.5. The Balaban J connectivity index is 1.54. The zero-order chi connectivity index (χ0) is 14.8. The zero-order valence-electron chi connectivity index (χ0n) is 13.4. The van der Waals surface area contributed by atoms with Crippen LogP contribution >= 0.6 is 0 Å². The first-order valence-electron chi connectivity index (χ1n) is 8.46. The van der Waals surface area contributed by atoms with E-state index in [-0.39, 0.29) is 0 Å². The van der Waals surface area contributed by atoms with Crippen molar-refractivity contribution in [1.29, 1.82) is 0 Å². The van der Waals surface area contributed by atoms with Crippen LogP contribution in [-0.2, 0) is 11.2 Å². The van der Waals surface area contributed by atoms with Crippen LogP contribution in [0.25, 0.3) is 0 Å². The Morgan fingerprint density at radius 3 is 2.67 bits per heavy atom. The summed E-state index contributed by atoms with van der Waals surface area (Å²) >= 11 is 0. The summed E-state index contributed by atoms with van der Waals surface area (Å²) in [7, 11) is 0. The first-order valence-corrected chi connectivity index (χ1v) is 8.46. The molecule has 0 atom stereocenters. The van der Waals surface area contributed by atoms with Gasteiger partial charge in [-0.05, 0) is 57.8 Å². The van der Waals surface area contributed by atoms with Gasteiger partial charge in [-0.1, -0.05) is 30.3 Å². The number of ether oxygens (including phenoxy) is 1. The molecule has 1 aliphatic rings. The second-order valence-corrected chi connectivity index (χ2v) is 5.86. The van der Waals surface area contributed by atoms with Crippen molar-refractivity contribution in [3.05, 3.63) is 35.9 Å². The van der Waals surface area contributed by atoms with Crippen molar-refractivity contribution < 1.29 is 4.74 Å². The molecule has 3 heteroatoms. The molecule has 3 nitrogen and oxygen atoms in total. The van der Waals surface area contributed by atoms with E-state index in [4.69, 9.17) is 4.74 Å². The molecule has 1 aromatic rings. The highest BCUT2D eigenvalue weighted by molar-refractivity contribution is 5.14. The van der Waals surface area contributed by atoms with E-state index in [1.54, 1.807) is 0 Å². The maximum Gasteiger partial charge on any atom is 0.0477 e.